The lowest BCUT2D eigenvalue weighted by Gasteiger charge is -2.22. The van der Waals surface area contributed by atoms with Gasteiger partial charge in [-0.1, -0.05) is 49.6 Å². The van der Waals surface area contributed by atoms with Gasteiger partial charge >= 0.3 is 0 Å². The van der Waals surface area contributed by atoms with Crippen molar-refractivity contribution >= 4 is 28.8 Å². The minimum atomic E-state index is -0.249. The molecule has 2 aromatic rings. The molecule has 1 saturated carbocycles. The van der Waals surface area contributed by atoms with Crippen LogP contribution in [0.2, 0.25) is 0 Å². The molecule has 148 valence electrons. The average molecular weight is 381 g/mol. The van der Waals surface area contributed by atoms with E-state index >= 15 is 0 Å². The Hall–Kier alpha value is -2.89. The number of nitrogens with one attached hydrogen (secondary N) is 2. The van der Waals surface area contributed by atoms with Crippen LogP contribution in [0.4, 0.5) is 0 Å². The van der Waals surface area contributed by atoms with Gasteiger partial charge < -0.3 is 10.4 Å². The summed E-state index contributed by atoms with van der Waals surface area (Å²) in [5.41, 5.74) is 3.03. The van der Waals surface area contributed by atoms with Crippen molar-refractivity contribution in [2.24, 2.45) is 5.10 Å². The van der Waals surface area contributed by atoms with Crippen LogP contribution in [0, 0.1) is 0 Å². The predicted molar refractivity (Wildman–Crippen MR) is 110 cm³/mol. The maximum absolute atomic E-state index is 12.0. The molecule has 0 bridgehead atoms. The highest BCUT2D eigenvalue weighted by Crippen LogP contribution is 2.25. The molecule has 1 fully saturated rings. The summed E-state index contributed by atoms with van der Waals surface area (Å²) in [4.78, 5) is 23.9. The minimum absolute atomic E-state index is 0.0175. The number of phenols is 1. The monoisotopic (exact) mass is 381 g/mol. The van der Waals surface area contributed by atoms with E-state index in [9.17, 15) is 14.7 Å². The van der Waals surface area contributed by atoms with Gasteiger partial charge in [0.1, 0.15) is 5.75 Å². The third kappa shape index (κ3) is 5.55. The fourth-order valence-electron chi connectivity index (χ4n) is 3.60. The smallest absolute Gasteiger partial charge is 0.240 e. The van der Waals surface area contributed by atoms with E-state index in [1.807, 2.05) is 30.3 Å². The summed E-state index contributed by atoms with van der Waals surface area (Å²) in [7, 11) is 0. The lowest BCUT2D eigenvalue weighted by molar-refractivity contribution is -0.123. The van der Waals surface area contributed by atoms with Crippen LogP contribution in [-0.2, 0) is 9.59 Å². The number of hydrogen-bond donors (Lipinski definition) is 3. The van der Waals surface area contributed by atoms with Crippen LogP contribution in [0.15, 0.2) is 41.5 Å². The molecule has 3 rings (SSSR count). The summed E-state index contributed by atoms with van der Waals surface area (Å²) in [6.45, 7) is 0. The Labute approximate surface area is 165 Å². The first-order chi connectivity index (χ1) is 13.6. The first kappa shape index (κ1) is 19.9. The van der Waals surface area contributed by atoms with E-state index in [1.54, 1.807) is 6.07 Å². The molecule has 28 heavy (non-hydrogen) atoms. The Morgan fingerprint density at radius 3 is 2.61 bits per heavy atom. The molecule has 2 aromatic carbocycles. The number of rotatable bonds is 7. The van der Waals surface area contributed by atoms with E-state index in [2.05, 4.69) is 15.8 Å². The molecule has 3 N–H and O–H groups in total. The van der Waals surface area contributed by atoms with Crippen molar-refractivity contribution in [2.45, 2.75) is 57.4 Å². The normalized spacial score (nSPS) is 15.0. The van der Waals surface area contributed by atoms with E-state index in [4.69, 9.17) is 0 Å². The standard InChI is InChI=1S/C22H27N3O3/c26-20-14-13-16-7-4-5-10-18(16)19(20)15-23-25-22(28)12-6-11-21(27)24-17-8-2-1-3-9-17/h4-5,7,10,13-15,17,26H,1-3,6,8-9,11-12H2,(H,24,27)(H,25,28). The Morgan fingerprint density at radius 1 is 1.04 bits per heavy atom. The van der Waals surface area contributed by atoms with Crippen molar-refractivity contribution in [1.29, 1.82) is 0 Å². The number of phenolic OH excluding ortho intramolecular Hbond substituents is 1. The van der Waals surface area contributed by atoms with Gasteiger partial charge in [0, 0.05) is 24.4 Å². The number of aromatic hydroxyl groups is 1. The number of carbonyl (C=O) groups is 2. The van der Waals surface area contributed by atoms with Gasteiger partial charge in [0.05, 0.1) is 6.21 Å². The molecule has 0 atom stereocenters. The van der Waals surface area contributed by atoms with Gasteiger partial charge in [-0.2, -0.15) is 5.10 Å². The van der Waals surface area contributed by atoms with Crippen LogP contribution < -0.4 is 10.7 Å². The van der Waals surface area contributed by atoms with Crippen LogP contribution >= 0.6 is 0 Å². The first-order valence-electron chi connectivity index (χ1n) is 9.95. The number of hydrogen-bond acceptors (Lipinski definition) is 4. The van der Waals surface area contributed by atoms with Crippen LogP contribution in [0.1, 0.15) is 56.9 Å². The Balaban J connectivity index is 1.43. The van der Waals surface area contributed by atoms with Gasteiger partial charge in [0.2, 0.25) is 11.8 Å². The number of carbonyl (C=O) groups excluding carboxylic acids is 2. The van der Waals surface area contributed by atoms with Crippen molar-refractivity contribution in [2.75, 3.05) is 0 Å². The zero-order valence-electron chi connectivity index (χ0n) is 16.0. The topological polar surface area (TPSA) is 90.8 Å². The van der Waals surface area contributed by atoms with Gasteiger partial charge in [-0.15, -0.1) is 0 Å². The zero-order chi connectivity index (χ0) is 19.8. The Bertz CT molecular complexity index is 857. The molecule has 6 heteroatoms. The Morgan fingerprint density at radius 2 is 1.79 bits per heavy atom. The molecule has 0 unspecified atom stereocenters. The molecule has 0 heterocycles. The third-order valence-corrected chi connectivity index (χ3v) is 5.11. The fraction of sp³-hybridized carbons (Fsp3) is 0.409. The highest BCUT2D eigenvalue weighted by Gasteiger charge is 2.15. The van der Waals surface area contributed by atoms with E-state index in [0.717, 1.165) is 23.6 Å². The molecule has 0 spiro atoms. The molecule has 0 aliphatic heterocycles. The molecule has 6 nitrogen and oxygen atoms in total. The second kappa shape index (κ2) is 9.88. The highest BCUT2D eigenvalue weighted by molar-refractivity contribution is 6.02. The summed E-state index contributed by atoms with van der Waals surface area (Å²) >= 11 is 0. The molecule has 1 aliphatic carbocycles. The van der Waals surface area contributed by atoms with E-state index in [1.165, 1.54) is 25.5 Å². The van der Waals surface area contributed by atoms with Crippen molar-refractivity contribution in [1.82, 2.24) is 10.7 Å². The number of nitrogens with zero attached hydrogens (tertiary/aromatic N) is 1. The van der Waals surface area contributed by atoms with Gasteiger partial charge in [0.25, 0.3) is 0 Å². The van der Waals surface area contributed by atoms with Crippen LogP contribution in [0.25, 0.3) is 10.8 Å². The van der Waals surface area contributed by atoms with Crippen LogP contribution in [0.5, 0.6) is 5.75 Å². The summed E-state index contributed by atoms with van der Waals surface area (Å²) in [5, 5.41) is 18.9. The maximum Gasteiger partial charge on any atom is 0.240 e. The van der Waals surface area contributed by atoms with Crippen molar-refractivity contribution < 1.29 is 14.7 Å². The summed E-state index contributed by atoms with van der Waals surface area (Å²) < 4.78 is 0. The largest absolute Gasteiger partial charge is 0.507 e. The molecule has 0 saturated heterocycles. The van der Waals surface area contributed by atoms with E-state index in [0.29, 0.717) is 24.4 Å². The van der Waals surface area contributed by atoms with Crippen LogP contribution in [0.3, 0.4) is 0 Å². The number of amides is 2. The lowest BCUT2D eigenvalue weighted by atomic mass is 9.95. The minimum Gasteiger partial charge on any atom is -0.507 e. The first-order valence-corrected chi connectivity index (χ1v) is 9.95. The molecule has 1 aliphatic rings. The second-order valence-electron chi connectivity index (χ2n) is 7.27. The van der Waals surface area contributed by atoms with E-state index in [-0.39, 0.29) is 24.0 Å². The number of benzene rings is 2. The predicted octanol–water partition coefficient (Wildman–Crippen LogP) is 3.61. The number of fused-ring (bicyclic) bond motifs is 1. The van der Waals surface area contributed by atoms with Gasteiger partial charge in [-0.05, 0) is 36.1 Å². The average Bonchev–Trinajstić information content (AvgIpc) is 2.70. The lowest BCUT2D eigenvalue weighted by Crippen LogP contribution is -2.36. The molecular formula is C22H27N3O3. The van der Waals surface area contributed by atoms with E-state index < -0.39 is 0 Å². The summed E-state index contributed by atoms with van der Waals surface area (Å²) in [6.07, 6.45) is 8.24. The van der Waals surface area contributed by atoms with Crippen LogP contribution in [-0.4, -0.2) is 29.2 Å². The van der Waals surface area contributed by atoms with Crippen molar-refractivity contribution in [3.05, 3.63) is 42.0 Å². The molecule has 0 radical (unpaired) electrons. The number of hydrazone groups is 1. The molecule has 2 amide bonds. The van der Waals surface area contributed by atoms with Gasteiger partial charge in [0.15, 0.2) is 0 Å². The third-order valence-electron chi connectivity index (χ3n) is 5.11. The van der Waals surface area contributed by atoms with Crippen molar-refractivity contribution in [3.63, 3.8) is 0 Å². The fourth-order valence-corrected chi connectivity index (χ4v) is 3.60. The molecular weight excluding hydrogens is 354 g/mol. The molecule has 0 aromatic heterocycles. The van der Waals surface area contributed by atoms with Gasteiger partial charge in [-0.3, -0.25) is 9.59 Å². The second-order valence-corrected chi connectivity index (χ2v) is 7.27. The SMILES string of the molecule is O=C(CCCC(=O)NC1CCCCC1)NN=Cc1c(O)ccc2ccccc12. The van der Waals surface area contributed by atoms with Gasteiger partial charge in [-0.25, -0.2) is 5.43 Å². The summed E-state index contributed by atoms with van der Waals surface area (Å²) in [5.74, 6) is -0.124. The van der Waals surface area contributed by atoms with Crippen molar-refractivity contribution in [3.8, 4) is 5.75 Å². The quantitative estimate of drug-likeness (QED) is 0.505. The zero-order valence-corrected chi connectivity index (χ0v) is 16.0. The summed E-state index contributed by atoms with van der Waals surface area (Å²) in [6, 6.07) is 11.4. The Kier molecular flexibility index (Phi) is 7.00. The maximum atomic E-state index is 12.0. The highest BCUT2D eigenvalue weighted by atomic mass is 16.3.